The second kappa shape index (κ2) is 10.6. The van der Waals surface area contributed by atoms with E-state index in [0.29, 0.717) is 13.1 Å². The van der Waals surface area contributed by atoms with Crippen molar-refractivity contribution in [1.82, 2.24) is 10.6 Å². The number of nitrogens with one attached hydrogen (secondary N) is 2. The van der Waals surface area contributed by atoms with E-state index in [1.54, 1.807) is 0 Å². The molecule has 0 spiro atoms. The molecule has 0 saturated carbocycles. The van der Waals surface area contributed by atoms with Gasteiger partial charge in [-0.3, -0.25) is 9.11 Å². The SMILES string of the molecule is CCNCCS(=O)(=O)O.CCNCCS(=O)(=O)O. The fourth-order valence-electron chi connectivity index (χ4n) is 0.756. The van der Waals surface area contributed by atoms with Gasteiger partial charge in [0, 0.05) is 13.1 Å². The molecule has 0 amide bonds. The van der Waals surface area contributed by atoms with Crippen LogP contribution in [-0.2, 0) is 20.2 Å². The predicted octanol–water partition coefficient (Wildman–Crippen LogP) is -1.03. The first-order chi connectivity index (χ1) is 8.12. The van der Waals surface area contributed by atoms with E-state index >= 15 is 0 Å². The summed E-state index contributed by atoms with van der Waals surface area (Å²) in [7, 11) is -7.52. The van der Waals surface area contributed by atoms with Crippen molar-refractivity contribution in [2.24, 2.45) is 0 Å². The minimum absolute atomic E-state index is 0.208. The van der Waals surface area contributed by atoms with Gasteiger partial charge in [-0.2, -0.15) is 16.8 Å². The summed E-state index contributed by atoms with van der Waals surface area (Å²) in [5, 5.41) is 5.53. The number of rotatable bonds is 8. The van der Waals surface area contributed by atoms with Crippen LogP contribution < -0.4 is 10.6 Å². The van der Waals surface area contributed by atoms with Gasteiger partial charge in [-0.05, 0) is 13.1 Å². The highest BCUT2D eigenvalue weighted by Crippen LogP contribution is 1.77. The molecule has 0 rings (SSSR count). The molecule has 0 aromatic carbocycles. The third kappa shape index (κ3) is 24.8. The Balaban J connectivity index is 0. The summed E-state index contributed by atoms with van der Waals surface area (Å²) in [6, 6.07) is 0. The second-order valence-corrected chi connectivity index (χ2v) is 6.42. The monoisotopic (exact) mass is 306 g/mol. The molecule has 4 N–H and O–H groups in total. The summed E-state index contributed by atoms with van der Waals surface area (Å²) in [6.07, 6.45) is 0. The average Bonchev–Trinajstić information content (AvgIpc) is 2.16. The topological polar surface area (TPSA) is 133 Å². The van der Waals surface area contributed by atoms with Gasteiger partial charge in [-0.1, -0.05) is 13.8 Å². The molecule has 8 nitrogen and oxygen atoms in total. The third-order valence-corrected chi connectivity index (χ3v) is 3.01. The van der Waals surface area contributed by atoms with Crippen molar-refractivity contribution in [3.8, 4) is 0 Å². The quantitative estimate of drug-likeness (QED) is 0.330. The van der Waals surface area contributed by atoms with E-state index < -0.39 is 20.2 Å². The summed E-state index contributed by atoms with van der Waals surface area (Å²) in [5.74, 6) is -0.415. The Labute approximate surface area is 109 Å². The Hall–Kier alpha value is -0.260. The van der Waals surface area contributed by atoms with Crippen molar-refractivity contribution in [1.29, 1.82) is 0 Å². The van der Waals surface area contributed by atoms with Crippen LogP contribution in [0.1, 0.15) is 13.8 Å². The Morgan fingerprint density at radius 1 is 0.778 bits per heavy atom. The fourth-order valence-corrected chi connectivity index (χ4v) is 1.56. The number of hydrogen-bond donors (Lipinski definition) is 4. The molecule has 0 aliphatic heterocycles. The van der Waals surface area contributed by atoms with Crippen LogP contribution in [0.3, 0.4) is 0 Å². The molecule has 0 aromatic heterocycles. The van der Waals surface area contributed by atoms with Gasteiger partial charge in [0.25, 0.3) is 20.2 Å². The molecule has 10 heteroatoms. The maximum atomic E-state index is 10.0. The first kappa shape index (κ1) is 20.1. The maximum absolute atomic E-state index is 10.0. The molecule has 0 atom stereocenters. The highest BCUT2D eigenvalue weighted by molar-refractivity contribution is 7.86. The van der Waals surface area contributed by atoms with Gasteiger partial charge in [-0.15, -0.1) is 0 Å². The molecule has 0 aliphatic carbocycles. The van der Waals surface area contributed by atoms with Gasteiger partial charge in [0.2, 0.25) is 0 Å². The van der Waals surface area contributed by atoms with Crippen LogP contribution in [0.2, 0.25) is 0 Å². The van der Waals surface area contributed by atoms with Crippen LogP contribution in [0.25, 0.3) is 0 Å². The lowest BCUT2D eigenvalue weighted by Crippen LogP contribution is -2.21. The Morgan fingerprint density at radius 2 is 1.06 bits per heavy atom. The van der Waals surface area contributed by atoms with Gasteiger partial charge in [-0.25, -0.2) is 0 Å². The molecule has 0 fully saturated rings. The zero-order valence-electron chi connectivity index (χ0n) is 10.6. The van der Waals surface area contributed by atoms with Crippen molar-refractivity contribution >= 4 is 20.2 Å². The lowest BCUT2D eigenvalue weighted by molar-refractivity contribution is 0.478. The minimum atomic E-state index is -3.76. The van der Waals surface area contributed by atoms with E-state index in [2.05, 4.69) is 10.6 Å². The smallest absolute Gasteiger partial charge is 0.266 e. The zero-order chi connectivity index (χ0) is 14.7. The van der Waals surface area contributed by atoms with Crippen molar-refractivity contribution in [2.75, 3.05) is 37.7 Å². The summed E-state index contributed by atoms with van der Waals surface area (Å²) >= 11 is 0. The average molecular weight is 306 g/mol. The van der Waals surface area contributed by atoms with E-state index in [1.165, 1.54) is 0 Å². The van der Waals surface area contributed by atoms with Crippen LogP contribution in [0.4, 0.5) is 0 Å². The molecule has 0 aliphatic rings. The molecule has 0 radical (unpaired) electrons. The van der Waals surface area contributed by atoms with E-state index in [0.717, 1.165) is 13.1 Å². The Bertz CT molecular complexity index is 340. The Kier molecular flexibility index (Phi) is 11.9. The second-order valence-electron chi connectivity index (χ2n) is 3.28. The van der Waals surface area contributed by atoms with Crippen molar-refractivity contribution in [3.63, 3.8) is 0 Å². The number of hydrogen-bond acceptors (Lipinski definition) is 6. The lowest BCUT2D eigenvalue weighted by Gasteiger charge is -1.96. The van der Waals surface area contributed by atoms with Crippen molar-refractivity contribution in [3.05, 3.63) is 0 Å². The van der Waals surface area contributed by atoms with E-state index in [1.807, 2.05) is 13.8 Å². The molecule has 0 bridgehead atoms. The van der Waals surface area contributed by atoms with Gasteiger partial charge >= 0.3 is 0 Å². The van der Waals surface area contributed by atoms with Crippen LogP contribution in [0, 0.1) is 0 Å². The maximum Gasteiger partial charge on any atom is 0.266 e. The van der Waals surface area contributed by atoms with Crippen molar-refractivity contribution in [2.45, 2.75) is 13.8 Å². The molecule has 0 heterocycles. The molecule has 0 unspecified atom stereocenters. The highest BCUT2D eigenvalue weighted by atomic mass is 32.2. The highest BCUT2D eigenvalue weighted by Gasteiger charge is 2.01. The summed E-state index contributed by atoms with van der Waals surface area (Å²) < 4.78 is 56.4. The Morgan fingerprint density at radius 3 is 1.22 bits per heavy atom. The van der Waals surface area contributed by atoms with E-state index in [-0.39, 0.29) is 11.5 Å². The van der Waals surface area contributed by atoms with Gasteiger partial charge in [0.05, 0.1) is 11.5 Å². The molecule has 0 aromatic rings. The normalized spacial score (nSPS) is 11.8. The summed E-state index contributed by atoms with van der Waals surface area (Å²) in [6.45, 7) is 5.80. The standard InChI is InChI=1S/2C4H11NO3S/c2*1-2-5-3-4-9(6,7)8/h2*5H,2-4H2,1H3,(H,6,7,8). The molecular weight excluding hydrogens is 284 g/mol. The van der Waals surface area contributed by atoms with Crippen molar-refractivity contribution < 1.29 is 25.9 Å². The predicted molar refractivity (Wildman–Crippen MR) is 69.9 cm³/mol. The molecule has 0 saturated heterocycles. The van der Waals surface area contributed by atoms with Crippen LogP contribution >= 0.6 is 0 Å². The van der Waals surface area contributed by atoms with E-state index in [9.17, 15) is 16.8 Å². The van der Waals surface area contributed by atoms with Gasteiger partial charge in [0.1, 0.15) is 0 Å². The molecule has 112 valence electrons. The van der Waals surface area contributed by atoms with Gasteiger partial charge < -0.3 is 10.6 Å². The molecule has 18 heavy (non-hydrogen) atoms. The molecular formula is C8H22N2O6S2. The van der Waals surface area contributed by atoms with Crippen LogP contribution in [0.5, 0.6) is 0 Å². The summed E-state index contributed by atoms with van der Waals surface area (Å²) in [4.78, 5) is 0. The zero-order valence-corrected chi connectivity index (χ0v) is 12.2. The largest absolute Gasteiger partial charge is 0.316 e. The third-order valence-electron chi connectivity index (χ3n) is 1.57. The lowest BCUT2D eigenvalue weighted by atomic mass is 10.7. The van der Waals surface area contributed by atoms with E-state index in [4.69, 9.17) is 9.11 Å². The van der Waals surface area contributed by atoms with Crippen LogP contribution in [-0.4, -0.2) is 63.6 Å². The minimum Gasteiger partial charge on any atom is -0.316 e. The summed E-state index contributed by atoms with van der Waals surface area (Å²) in [5.41, 5.74) is 0. The fraction of sp³-hybridized carbons (Fsp3) is 1.00. The first-order valence-corrected chi connectivity index (χ1v) is 8.66. The van der Waals surface area contributed by atoms with Gasteiger partial charge in [0.15, 0.2) is 0 Å². The van der Waals surface area contributed by atoms with Crippen LogP contribution in [0.15, 0.2) is 0 Å². The first-order valence-electron chi connectivity index (χ1n) is 5.44.